The second-order valence-electron chi connectivity index (χ2n) is 1.70. The summed E-state index contributed by atoms with van der Waals surface area (Å²) in [7, 11) is 0. The Morgan fingerprint density at radius 1 is 1.67 bits per heavy atom. The van der Waals surface area contributed by atoms with Gasteiger partial charge in [0.1, 0.15) is 5.82 Å². The third-order valence-electron chi connectivity index (χ3n) is 1.05. The molecule has 0 aliphatic carbocycles. The first-order chi connectivity index (χ1) is 5.13. The Hall–Kier alpha value is -1.25. The topological polar surface area (TPSA) is 64.9 Å². The molecule has 0 bridgehead atoms. The van der Waals surface area contributed by atoms with Crippen molar-refractivity contribution < 1.29 is 2.74 Å². The van der Waals surface area contributed by atoms with Crippen LogP contribution in [0.3, 0.4) is 0 Å². The molecule has 48 valence electrons. The average Bonchev–Trinajstić information content (AvgIpc) is 1.94. The van der Waals surface area contributed by atoms with Gasteiger partial charge in [-0.05, 0) is 18.5 Å². The molecular formula is C6H9N3. The second kappa shape index (κ2) is 1.93. The summed E-state index contributed by atoms with van der Waals surface area (Å²) in [6.07, 6.45) is 1.44. The molecule has 0 radical (unpaired) electrons. The van der Waals surface area contributed by atoms with E-state index in [0.29, 0.717) is 5.56 Å². The quantitative estimate of drug-likeness (QED) is 0.532. The predicted octanol–water partition coefficient (Wildman–Crippen LogP) is 0.554. The molecule has 0 aliphatic rings. The van der Waals surface area contributed by atoms with E-state index >= 15 is 0 Å². The number of nitrogens with zero attached hydrogens (tertiary/aromatic N) is 1. The fourth-order valence-corrected chi connectivity index (χ4v) is 0.505. The summed E-state index contributed by atoms with van der Waals surface area (Å²) in [5.41, 5.74) is 11.5. The van der Waals surface area contributed by atoms with Crippen LogP contribution >= 0.6 is 0 Å². The number of nitrogens with two attached hydrogens (primary N) is 2. The van der Waals surface area contributed by atoms with E-state index in [4.69, 9.17) is 14.2 Å². The Morgan fingerprint density at radius 2 is 2.44 bits per heavy atom. The molecule has 0 saturated carbocycles. The van der Waals surface area contributed by atoms with E-state index in [1.54, 1.807) is 0 Å². The number of anilines is 2. The second-order valence-corrected chi connectivity index (χ2v) is 1.70. The molecule has 0 fully saturated rings. The molecule has 0 unspecified atom stereocenters. The summed E-state index contributed by atoms with van der Waals surface area (Å²) >= 11 is 0. The van der Waals surface area contributed by atoms with E-state index in [2.05, 4.69) is 4.98 Å². The van der Waals surface area contributed by atoms with Crippen molar-refractivity contribution in [3.8, 4) is 0 Å². The van der Waals surface area contributed by atoms with E-state index in [-0.39, 0.29) is 11.5 Å². The van der Waals surface area contributed by atoms with Gasteiger partial charge in [-0.1, -0.05) is 0 Å². The maximum absolute atomic E-state index is 7.06. The van der Waals surface area contributed by atoms with Crippen LogP contribution in [0.1, 0.15) is 8.30 Å². The molecule has 0 aromatic carbocycles. The highest BCUT2D eigenvalue weighted by molar-refractivity contribution is 5.61. The molecule has 4 N–H and O–H groups in total. The van der Waals surface area contributed by atoms with Gasteiger partial charge in [0, 0.05) is 8.94 Å². The molecule has 1 aromatic heterocycles. The van der Waals surface area contributed by atoms with Gasteiger partial charge in [-0.25, -0.2) is 4.98 Å². The molecule has 0 saturated heterocycles. The van der Waals surface area contributed by atoms with Crippen LogP contribution in [0, 0.1) is 6.88 Å². The third-order valence-corrected chi connectivity index (χ3v) is 1.05. The van der Waals surface area contributed by atoms with Crippen molar-refractivity contribution in [2.24, 2.45) is 0 Å². The lowest BCUT2D eigenvalue weighted by atomic mass is 10.2. The number of pyridine rings is 1. The van der Waals surface area contributed by atoms with Crippen molar-refractivity contribution in [2.45, 2.75) is 6.88 Å². The summed E-state index contributed by atoms with van der Waals surface area (Å²) in [4.78, 5) is 3.71. The molecule has 1 heterocycles. The number of nitrogen functional groups attached to an aromatic ring is 2. The number of hydrogen-bond donors (Lipinski definition) is 2. The predicted molar refractivity (Wildman–Crippen MR) is 37.8 cm³/mol. The van der Waals surface area contributed by atoms with Gasteiger partial charge >= 0.3 is 0 Å². The number of hydrogen-bond acceptors (Lipinski definition) is 3. The molecule has 3 heteroatoms. The minimum absolute atomic E-state index is 0.187. The molecule has 3 nitrogen and oxygen atoms in total. The average molecular weight is 125 g/mol. The van der Waals surface area contributed by atoms with E-state index in [1.807, 2.05) is 0 Å². The van der Waals surface area contributed by atoms with Crippen molar-refractivity contribution in [2.75, 3.05) is 11.5 Å². The summed E-state index contributed by atoms with van der Waals surface area (Å²) in [5, 5.41) is 0. The van der Waals surface area contributed by atoms with Gasteiger partial charge in [-0.3, -0.25) is 0 Å². The first-order valence-electron chi connectivity index (χ1n) is 3.62. The summed E-state index contributed by atoms with van der Waals surface area (Å²) < 4.78 is 14.1. The van der Waals surface area contributed by atoms with E-state index in [0.717, 1.165) is 0 Å². The monoisotopic (exact) mass is 125 g/mol. The van der Waals surface area contributed by atoms with Crippen LogP contribution in [0.15, 0.2) is 12.3 Å². The number of aryl methyl sites for hydroxylation is 1. The fourth-order valence-electron chi connectivity index (χ4n) is 0.505. The zero-order valence-electron chi connectivity index (χ0n) is 6.83. The van der Waals surface area contributed by atoms with Gasteiger partial charge in [0.05, 0.1) is 5.69 Å². The Balaban J connectivity index is 3.17. The summed E-state index contributed by atoms with van der Waals surface area (Å²) in [5.74, 6) is 0.187. The Bertz CT molecular complexity index is 262. The Morgan fingerprint density at radius 3 is 3.00 bits per heavy atom. The van der Waals surface area contributed by atoms with Gasteiger partial charge in [0.2, 0.25) is 0 Å². The van der Waals surface area contributed by atoms with Crippen molar-refractivity contribution in [3.63, 3.8) is 0 Å². The lowest BCUT2D eigenvalue weighted by molar-refractivity contribution is 1.30. The smallest absolute Gasteiger partial charge is 0.146 e. The molecule has 0 atom stereocenters. The van der Waals surface area contributed by atoms with Crippen molar-refractivity contribution >= 4 is 11.5 Å². The van der Waals surface area contributed by atoms with Gasteiger partial charge < -0.3 is 11.5 Å². The third kappa shape index (κ3) is 0.937. The zero-order chi connectivity index (χ0) is 8.43. The molecule has 1 rings (SSSR count). The van der Waals surface area contributed by atoms with E-state index in [1.165, 1.54) is 12.3 Å². The standard InChI is InChI=1S/C6H9N3/c1-4-2-3-9-6(8)5(4)7/h2-3H,7H2,1H3,(H2,8,9)/i1D2. The van der Waals surface area contributed by atoms with Gasteiger partial charge in [-0.2, -0.15) is 0 Å². The maximum Gasteiger partial charge on any atom is 0.146 e. The van der Waals surface area contributed by atoms with Crippen LogP contribution in [-0.4, -0.2) is 4.98 Å². The molecule has 0 aliphatic heterocycles. The molecule has 1 aromatic rings. The van der Waals surface area contributed by atoms with Crippen LogP contribution in [-0.2, 0) is 0 Å². The largest absolute Gasteiger partial charge is 0.396 e. The molecule has 9 heavy (non-hydrogen) atoms. The molecular weight excluding hydrogens is 114 g/mol. The normalized spacial score (nSPS) is 13.0. The van der Waals surface area contributed by atoms with Crippen LogP contribution in [0.5, 0.6) is 0 Å². The van der Waals surface area contributed by atoms with Crippen LogP contribution in [0.25, 0.3) is 0 Å². The van der Waals surface area contributed by atoms with Crippen LogP contribution in [0.4, 0.5) is 11.5 Å². The van der Waals surface area contributed by atoms with Gasteiger partial charge in [0.25, 0.3) is 0 Å². The maximum atomic E-state index is 7.06. The van der Waals surface area contributed by atoms with Crippen LogP contribution < -0.4 is 11.5 Å². The molecule has 0 amide bonds. The van der Waals surface area contributed by atoms with Crippen molar-refractivity contribution in [1.29, 1.82) is 0 Å². The first-order valence-corrected chi connectivity index (χ1v) is 2.47. The zero-order valence-corrected chi connectivity index (χ0v) is 4.83. The minimum Gasteiger partial charge on any atom is -0.396 e. The lowest BCUT2D eigenvalue weighted by Crippen LogP contribution is -1.98. The van der Waals surface area contributed by atoms with E-state index in [9.17, 15) is 0 Å². The Labute approximate surface area is 56.5 Å². The van der Waals surface area contributed by atoms with Crippen molar-refractivity contribution in [3.05, 3.63) is 17.8 Å². The minimum atomic E-state index is -1.10. The number of rotatable bonds is 0. The highest BCUT2D eigenvalue weighted by atomic mass is 14.9. The van der Waals surface area contributed by atoms with Gasteiger partial charge in [0.15, 0.2) is 0 Å². The van der Waals surface area contributed by atoms with E-state index < -0.39 is 6.88 Å². The summed E-state index contributed by atoms with van der Waals surface area (Å²) in [6.45, 7) is -1.10. The SMILES string of the molecule is [2H]C([2H])c1ccnc(N)c1N. The van der Waals surface area contributed by atoms with Crippen LogP contribution in [0.2, 0.25) is 0 Å². The first kappa shape index (κ1) is 3.71. The number of aromatic nitrogens is 1. The fraction of sp³-hybridized carbons (Fsp3) is 0.167. The Kier molecular flexibility index (Phi) is 0.797. The molecule has 0 spiro atoms. The lowest BCUT2D eigenvalue weighted by Gasteiger charge is -1.99. The highest BCUT2D eigenvalue weighted by Crippen LogP contribution is 2.13. The van der Waals surface area contributed by atoms with Gasteiger partial charge in [-0.15, -0.1) is 0 Å². The van der Waals surface area contributed by atoms with Crippen molar-refractivity contribution in [1.82, 2.24) is 4.98 Å². The summed E-state index contributed by atoms with van der Waals surface area (Å²) in [6, 6.07) is 1.52. The highest BCUT2D eigenvalue weighted by Gasteiger charge is 1.95.